The van der Waals surface area contributed by atoms with E-state index < -0.39 is 24.1 Å². The van der Waals surface area contributed by atoms with Gasteiger partial charge in [0.05, 0.1) is 11.2 Å². The van der Waals surface area contributed by atoms with E-state index in [2.05, 4.69) is 0 Å². The van der Waals surface area contributed by atoms with Crippen molar-refractivity contribution < 1.29 is 28.0 Å². The molecule has 0 N–H and O–H groups in total. The Kier molecular flexibility index (Phi) is 4.61. The Hall–Kier alpha value is -1.44. The summed E-state index contributed by atoms with van der Waals surface area (Å²) < 4.78 is 35.6. The van der Waals surface area contributed by atoms with E-state index in [-0.39, 0.29) is 18.1 Å². The summed E-state index contributed by atoms with van der Waals surface area (Å²) in [5.74, 6) is -0.656. The van der Waals surface area contributed by atoms with Gasteiger partial charge in [-0.1, -0.05) is 0 Å². The van der Waals surface area contributed by atoms with Crippen molar-refractivity contribution in [3.05, 3.63) is 23.5 Å². The zero-order valence-corrected chi connectivity index (χ0v) is 13.4. The van der Waals surface area contributed by atoms with Gasteiger partial charge in [-0.25, -0.2) is 4.39 Å². The number of methoxy groups -OCH3 is 1. The molecule has 2 rings (SSSR count). The minimum absolute atomic E-state index is 0.0165. The van der Waals surface area contributed by atoms with Crippen LogP contribution in [0.25, 0.3) is 0 Å². The highest BCUT2D eigenvalue weighted by Gasteiger charge is 2.52. The summed E-state index contributed by atoms with van der Waals surface area (Å²) in [5, 5.41) is 0. The summed E-state index contributed by atoms with van der Waals surface area (Å²) in [6.07, 6.45) is 0.573. The van der Waals surface area contributed by atoms with Gasteiger partial charge in [0, 0.05) is 12.7 Å². The fourth-order valence-corrected chi connectivity index (χ4v) is 2.09. The molecule has 1 aliphatic heterocycles. The van der Waals surface area contributed by atoms with E-state index in [1.807, 2.05) is 27.7 Å². The summed E-state index contributed by atoms with van der Waals surface area (Å²) in [4.78, 5) is 11.2. The molecule has 1 aromatic carbocycles. The third kappa shape index (κ3) is 3.02. The molecule has 5 nitrogen and oxygen atoms in total. The summed E-state index contributed by atoms with van der Waals surface area (Å²) >= 11 is 0. The van der Waals surface area contributed by atoms with Crippen molar-refractivity contribution >= 4 is 18.9 Å². The van der Waals surface area contributed by atoms with Gasteiger partial charge in [-0.2, -0.15) is 0 Å². The molecule has 0 saturated carbocycles. The van der Waals surface area contributed by atoms with Gasteiger partial charge in [0.15, 0.2) is 18.4 Å². The average molecular weight is 310 g/mol. The predicted molar refractivity (Wildman–Crippen MR) is 80.0 cm³/mol. The molecule has 1 saturated heterocycles. The van der Waals surface area contributed by atoms with E-state index >= 15 is 0 Å². The van der Waals surface area contributed by atoms with Crippen LogP contribution in [0.15, 0.2) is 12.1 Å². The molecule has 0 aliphatic carbocycles. The van der Waals surface area contributed by atoms with E-state index in [1.165, 1.54) is 13.2 Å². The van der Waals surface area contributed by atoms with Gasteiger partial charge >= 0.3 is 7.12 Å². The van der Waals surface area contributed by atoms with Crippen molar-refractivity contribution in [3.63, 3.8) is 0 Å². The zero-order chi connectivity index (χ0) is 16.5. The van der Waals surface area contributed by atoms with Crippen LogP contribution in [0.1, 0.15) is 38.1 Å². The number of carbonyl (C=O) groups is 1. The largest absolute Gasteiger partial charge is 0.495 e. The molecule has 22 heavy (non-hydrogen) atoms. The van der Waals surface area contributed by atoms with Gasteiger partial charge in [-0.05, 0) is 45.3 Å². The van der Waals surface area contributed by atoms with Crippen LogP contribution in [-0.2, 0) is 14.0 Å². The third-order valence-electron chi connectivity index (χ3n) is 4.10. The maximum atomic E-state index is 13.9. The predicted octanol–water partition coefficient (Wildman–Crippen LogP) is 1.92. The first-order valence-electron chi connectivity index (χ1n) is 6.98. The summed E-state index contributed by atoms with van der Waals surface area (Å²) in [5.41, 5.74) is -0.513. The van der Waals surface area contributed by atoms with Gasteiger partial charge in [-0.3, -0.25) is 4.79 Å². The van der Waals surface area contributed by atoms with Crippen molar-refractivity contribution in [2.24, 2.45) is 0 Å². The maximum Gasteiger partial charge on any atom is 0.495 e. The molecule has 0 spiro atoms. The SMILES string of the molecule is COCOc1cc(B2OC(C)(C)C(C)(C)O2)c(C=O)cc1F. The Labute approximate surface area is 129 Å². The van der Waals surface area contributed by atoms with Gasteiger partial charge in [-0.15, -0.1) is 0 Å². The van der Waals surface area contributed by atoms with Gasteiger partial charge in [0.2, 0.25) is 0 Å². The van der Waals surface area contributed by atoms with E-state index in [0.29, 0.717) is 11.7 Å². The zero-order valence-electron chi connectivity index (χ0n) is 13.4. The minimum Gasteiger partial charge on any atom is -0.465 e. The number of hydrogen-bond donors (Lipinski definition) is 0. The molecule has 1 heterocycles. The van der Waals surface area contributed by atoms with E-state index in [9.17, 15) is 9.18 Å². The number of rotatable bonds is 5. The van der Waals surface area contributed by atoms with Crippen LogP contribution in [0.2, 0.25) is 0 Å². The van der Waals surface area contributed by atoms with Gasteiger partial charge in [0.25, 0.3) is 0 Å². The first-order valence-corrected chi connectivity index (χ1v) is 6.98. The lowest BCUT2D eigenvalue weighted by atomic mass is 9.76. The Morgan fingerprint density at radius 1 is 1.23 bits per heavy atom. The van der Waals surface area contributed by atoms with Crippen LogP contribution in [0.5, 0.6) is 5.75 Å². The lowest BCUT2D eigenvalue weighted by Gasteiger charge is -2.32. The Morgan fingerprint density at radius 3 is 2.32 bits per heavy atom. The smallest absolute Gasteiger partial charge is 0.465 e. The molecule has 0 radical (unpaired) electrons. The molecule has 1 fully saturated rings. The number of halogens is 1. The first kappa shape index (κ1) is 16.9. The molecule has 1 aromatic rings. The third-order valence-corrected chi connectivity index (χ3v) is 4.10. The lowest BCUT2D eigenvalue weighted by molar-refractivity contribution is 0.00578. The van der Waals surface area contributed by atoms with Gasteiger partial charge in [0.1, 0.15) is 6.29 Å². The lowest BCUT2D eigenvalue weighted by Crippen LogP contribution is -2.41. The quantitative estimate of drug-likeness (QED) is 0.472. The molecule has 1 aliphatic rings. The Bertz CT molecular complexity index is 557. The van der Waals surface area contributed by atoms with Crippen molar-refractivity contribution in [3.8, 4) is 5.75 Å². The standard InChI is InChI=1S/C15H20BFO5/c1-14(2)15(3,4)22-16(21-14)11-7-13(20-9-19-5)12(17)6-10(11)8-18/h6-8H,9H2,1-5H3. The van der Waals surface area contributed by atoms with Crippen molar-refractivity contribution in [1.82, 2.24) is 0 Å². The molecule has 0 unspecified atom stereocenters. The molecule has 0 aromatic heterocycles. The molecule has 0 atom stereocenters. The molecule has 0 amide bonds. The maximum absolute atomic E-state index is 13.9. The van der Waals surface area contributed by atoms with Crippen molar-refractivity contribution in [1.29, 1.82) is 0 Å². The number of hydrogen-bond acceptors (Lipinski definition) is 5. The Balaban J connectivity index is 2.40. The second-order valence-corrected chi connectivity index (χ2v) is 6.17. The second kappa shape index (κ2) is 5.99. The monoisotopic (exact) mass is 310 g/mol. The fraction of sp³-hybridized carbons (Fsp3) is 0.533. The number of aldehydes is 1. The van der Waals surface area contributed by atoms with Crippen LogP contribution in [0.3, 0.4) is 0 Å². The highest BCUT2D eigenvalue weighted by Crippen LogP contribution is 2.37. The molecular weight excluding hydrogens is 290 g/mol. The highest BCUT2D eigenvalue weighted by atomic mass is 19.1. The number of benzene rings is 1. The molecule has 0 bridgehead atoms. The first-order chi connectivity index (χ1) is 10.2. The summed E-state index contributed by atoms with van der Waals surface area (Å²) in [6, 6.07) is 2.53. The van der Waals surface area contributed by atoms with Crippen LogP contribution < -0.4 is 10.2 Å². The Morgan fingerprint density at radius 2 is 1.82 bits per heavy atom. The molecular formula is C15H20BFO5. The fourth-order valence-electron chi connectivity index (χ4n) is 2.09. The topological polar surface area (TPSA) is 54.0 Å². The van der Waals surface area contributed by atoms with Crippen molar-refractivity contribution in [2.75, 3.05) is 13.9 Å². The van der Waals surface area contributed by atoms with Crippen molar-refractivity contribution in [2.45, 2.75) is 38.9 Å². The minimum atomic E-state index is -0.768. The number of ether oxygens (including phenoxy) is 2. The van der Waals surface area contributed by atoms with Crippen LogP contribution in [0, 0.1) is 5.82 Å². The van der Waals surface area contributed by atoms with E-state index in [0.717, 1.165) is 6.07 Å². The number of carbonyl (C=O) groups excluding carboxylic acids is 1. The van der Waals surface area contributed by atoms with E-state index in [4.69, 9.17) is 18.8 Å². The normalized spacial score (nSPS) is 19.3. The highest BCUT2D eigenvalue weighted by molar-refractivity contribution is 6.63. The average Bonchev–Trinajstić information content (AvgIpc) is 2.65. The second-order valence-electron chi connectivity index (χ2n) is 6.17. The van der Waals surface area contributed by atoms with Crippen LogP contribution >= 0.6 is 0 Å². The van der Waals surface area contributed by atoms with Crippen LogP contribution in [-0.4, -0.2) is 38.5 Å². The molecule has 7 heteroatoms. The van der Waals surface area contributed by atoms with Gasteiger partial charge < -0.3 is 18.8 Å². The van der Waals surface area contributed by atoms with Crippen LogP contribution in [0.4, 0.5) is 4.39 Å². The summed E-state index contributed by atoms with van der Waals surface area (Å²) in [6.45, 7) is 7.51. The molecule has 120 valence electrons. The summed E-state index contributed by atoms with van der Waals surface area (Å²) in [7, 11) is 0.669. The van der Waals surface area contributed by atoms with E-state index in [1.54, 1.807) is 0 Å².